The van der Waals surface area contributed by atoms with E-state index >= 15 is 0 Å². The van der Waals surface area contributed by atoms with Crippen LogP contribution in [0.15, 0.2) is 40.5 Å². The van der Waals surface area contributed by atoms with Crippen LogP contribution < -0.4 is 22.5 Å². The Kier molecular flexibility index (Phi) is 3.96. The summed E-state index contributed by atoms with van der Waals surface area (Å²) in [7, 11) is 0. The maximum atomic E-state index is 5.07. The van der Waals surface area contributed by atoms with E-state index in [4.69, 9.17) is 11.7 Å². The second-order valence-corrected chi connectivity index (χ2v) is 2.40. The van der Waals surface area contributed by atoms with Crippen molar-refractivity contribution in [3.63, 3.8) is 0 Å². The van der Waals surface area contributed by atoms with Crippen LogP contribution in [-0.2, 0) is 0 Å². The third-order valence-corrected chi connectivity index (χ3v) is 1.45. The lowest BCUT2D eigenvalue weighted by molar-refractivity contribution is 0.885. The van der Waals surface area contributed by atoms with Crippen LogP contribution in [0.5, 0.6) is 0 Å². The zero-order chi connectivity index (χ0) is 10.2. The van der Waals surface area contributed by atoms with Crippen molar-refractivity contribution in [1.29, 1.82) is 0 Å². The van der Waals surface area contributed by atoms with Gasteiger partial charge in [0.05, 0.1) is 6.21 Å². The molecule has 6 nitrogen and oxygen atoms in total. The third kappa shape index (κ3) is 3.11. The molecule has 6 N–H and O–H groups in total. The fraction of sp³-hybridized carbons (Fsp3) is 0. The van der Waals surface area contributed by atoms with Crippen molar-refractivity contribution in [3.8, 4) is 0 Å². The molecule has 14 heavy (non-hydrogen) atoms. The van der Waals surface area contributed by atoms with Gasteiger partial charge in [-0.3, -0.25) is 5.43 Å². The molecule has 0 radical (unpaired) electrons. The Labute approximate surface area is 81.6 Å². The minimum Gasteiger partial charge on any atom is -0.320 e. The summed E-state index contributed by atoms with van der Waals surface area (Å²) in [6.07, 6.45) is 1.63. The average molecular weight is 192 g/mol. The molecule has 0 aromatic heterocycles. The van der Waals surface area contributed by atoms with E-state index in [0.29, 0.717) is 0 Å². The molecule has 0 amide bonds. The van der Waals surface area contributed by atoms with Crippen LogP contribution in [0.4, 0.5) is 0 Å². The highest BCUT2D eigenvalue weighted by molar-refractivity contribution is 5.83. The van der Waals surface area contributed by atoms with Crippen LogP contribution in [0.1, 0.15) is 5.56 Å². The zero-order valence-corrected chi connectivity index (χ0v) is 7.51. The first kappa shape index (κ1) is 10.0. The Morgan fingerprint density at radius 1 is 1.29 bits per heavy atom. The van der Waals surface area contributed by atoms with E-state index in [9.17, 15) is 0 Å². The lowest BCUT2D eigenvalue weighted by atomic mass is 10.2. The van der Waals surface area contributed by atoms with Crippen LogP contribution >= 0.6 is 0 Å². The van der Waals surface area contributed by atoms with Crippen LogP contribution in [-0.4, -0.2) is 12.2 Å². The van der Waals surface area contributed by atoms with Gasteiger partial charge in [0.1, 0.15) is 0 Å². The van der Waals surface area contributed by atoms with Gasteiger partial charge in [-0.1, -0.05) is 30.3 Å². The van der Waals surface area contributed by atoms with Gasteiger partial charge in [0.25, 0.3) is 0 Å². The molecule has 1 aromatic rings. The van der Waals surface area contributed by atoms with Crippen LogP contribution in [0.3, 0.4) is 0 Å². The second kappa shape index (κ2) is 5.55. The molecule has 0 heterocycles. The maximum absolute atomic E-state index is 5.07. The minimum atomic E-state index is 0.192. The SMILES string of the molecule is N/N=C(\NN)N/N=C/c1ccccc1. The molecule has 0 bridgehead atoms. The summed E-state index contributed by atoms with van der Waals surface area (Å²) in [6.45, 7) is 0. The smallest absolute Gasteiger partial charge is 0.248 e. The minimum absolute atomic E-state index is 0.192. The van der Waals surface area contributed by atoms with Crippen molar-refractivity contribution >= 4 is 12.2 Å². The molecule has 0 atom stereocenters. The number of benzene rings is 1. The van der Waals surface area contributed by atoms with Crippen molar-refractivity contribution in [2.75, 3.05) is 0 Å². The van der Waals surface area contributed by atoms with Gasteiger partial charge in [0.2, 0.25) is 5.96 Å². The highest BCUT2D eigenvalue weighted by Gasteiger charge is 1.88. The van der Waals surface area contributed by atoms with Crippen LogP contribution in [0.25, 0.3) is 0 Å². The standard InChI is InChI=1S/C8H12N6/c9-12-8(13-10)14-11-6-7-4-2-1-3-5-7/h1-6H,9-10H2,(H2,12,13,14)/b11-6+. The van der Waals surface area contributed by atoms with Gasteiger partial charge in [0.15, 0.2) is 0 Å². The van der Waals surface area contributed by atoms with Crippen LogP contribution in [0.2, 0.25) is 0 Å². The van der Waals surface area contributed by atoms with Gasteiger partial charge in [-0.15, -0.1) is 5.10 Å². The van der Waals surface area contributed by atoms with Gasteiger partial charge in [-0.05, 0) is 5.56 Å². The summed E-state index contributed by atoms with van der Waals surface area (Å²) in [5.41, 5.74) is 5.73. The van der Waals surface area contributed by atoms with Crippen molar-refractivity contribution in [2.45, 2.75) is 0 Å². The number of hydrogen-bond donors (Lipinski definition) is 4. The highest BCUT2D eigenvalue weighted by Crippen LogP contribution is 1.92. The quantitative estimate of drug-likeness (QED) is 0.215. The van der Waals surface area contributed by atoms with E-state index in [1.165, 1.54) is 0 Å². The predicted molar refractivity (Wildman–Crippen MR) is 56.1 cm³/mol. The predicted octanol–water partition coefficient (Wildman–Crippen LogP) is -0.697. The number of nitrogens with zero attached hydrogens (tertiary/aromatic N) is 2. The Balaban J connectivity index is 2.49. The molecule has 0 spiro atoms. The van der Waals surface area contributed by atoms with E-state index < -0.39 is 0 Å². The Bertz CT molecular complexity index is 318. The number of nitrogens with one attached hydrogen (secondary N) is 2. The largest absolute Gasteiger partial charge is 0.320 e. The number of guanidine groups is 1. The van der Waals surface area contributed by atoms with E-state index in [1.807, 2.05) is 30.3 Å². The fourth-order valence-corrected chi connectivity index (χ4v) is 0.805. The third-order valence-electron chi connectivity index (χ3n) is 1.45. The second-order valence-electron chi connectivity index (χ2n) is 2.40. The summed E-state index contributed by atoms with van der Waals surface area (Å²) in [4.78, 5) is 0. The van der Waals surface area contributed by atoms with Gasteiger partial charge in [-0.2, -0.15) is 5.10 Å². The molecule has 74 valence electrons. The summed E-state index contributed by atoms with van der Waals surface area (Å²) >= 11 is 0. The monoisotopic (exact) mass is 192 g/mol. The summed E-state index contributed by atoms with van der Waals surface area (Å²) in [6, 6.07) is 9.60. The molecule has 0 aliphatic heterocycles. The summed E-state index contributed by atoms with van der Waals surface area (Å²) in [5, 5.41) is 7.15. The van der Waals surface area contributed by atoms with Crippen molar-refractivity contribution < 1.29 is 0 Å². The number of hydrazone groups is 2. The number of hydrogen-bond acceptors (Lipinski definition) is 4. The van der Waals surface area contributed by atoms with E-state index in [2.05, 4.69) is 21.1 Å². The molecular weight excluding hydrogens is 180 g/mol. The van der Waals surface area contributed by atoms with Crippen molar-refractivity contribution in [1.82, 2.24) is 10.9 Å². The van der Waals surface area contributed by atoms with Gasteiger partial charge >= 0.3 is 0 Å². The topological polar surface area (TPSA) is 101 Å². The molecule has 0 fully saturated rings. The Hall–Kier alpha value is -2.08. The first-order valence-corrected chi connectivity index (χ1v) is 3.95. The first-order chi connectivity index (χ1) is 6.86. The first-order valence-electron chi connectivity index (χ1n) is 3.95. The molecule has 1 rings (SSSR count). The Morgan fingerprint density at radius 2 is 2.00 bits per heavy atom. The van der Waals surface area contributed by atoms with Crippen molar-refractivity contribution in [2.24, 2.45) is 21.9 Å². The Morgan fingerprint density at radius 3 is 2.57 bits per heavy atom. The number of hydrazine groups is 1. The molecule has 0 aliphatic carbocycles. The number of rotatable bonds is 2. The average Bonchev–Trinajstić information content (AvgIpc) is 2.26. The molecule has 0 saturated carbocycles. The van der Waals surface area contributed by atoms with E-state index in [0.717, 1.165) is 5.56 Å². The lowest BCUT2D eigenvalue weighted by Gasteiger charge is -2.00. The molecule has 1 aromatic carbocycles. The van der Waals surface area contributed by atoms with Gasteiger partial charge in [-0.25, -0.2) is 11.3 Å². The molecule has 0 saturated heterocycles. The van der Waals surface area contributed by atoms with Crippen LogP contribution in [0, 0.1) is 0 Å². The van der Waals surface area contributed by atoms with E-state index in [-0.39, 0.29) is 5.96 Å². The van der Waals surface area contributed by atoms with Gasteiger partial charge < -0.3 is 5.84 Å². The molecule has 0 unspecified atom stereocenters. The van der Waals surface area contributed by atoms with Gasteiger partial charge in [0, 0.05) is 0 Å². The fourth-order valence-electron chi connectivity index (χ4n) is 0.805. The molecule has 0 aliphatic rings. The lowest BCUT2D eigenvalue weighted by Crippen LogP contribution is -2.39. The summed E-state index contributed by atoms with van der Waals surface area (Å²) < 4.78 is 0. The van der Waals surface area contributed by atoms with E-state index in [1.54, 1.807) is 6.21 Å². The zero-order valence-electron chi connectivity index (χ0n) is 7.51. The normalized spacial score (nSPS) is 11.6. The maximum Gasteiger partial charge on any atom is 0.248 e. The molecular formula is C8H12N6. The van der Waals surface area contributed by atoms with Crippen molar-refractivity contribution in [3.05, 3.63) is 35.9 Å². The number of nitrogens with two attached hydrogens (primary N) is 2. The molecule has 6 heteroatoms. The highest BCUT2D eigenvalue weighted by atomic mass is 15.5. The summed E-state index contributed by atoms with van der Waals surface area (Å²) in [5.74, 6) is 10.2.